The fraction of sp³-hybridized carbons (Fsp3) is 0.143. The van der Waals surface area contributed by atoms with Crippen LogP contribution in [0.25, 0.3) is 0 Å². The molecule has 0 aromatic heterocycles. The van der Waals surface area contributed by atoms with Crippen LogP contribution in [-0.2, 0) is 0 Å². The standard InChI is InChI=1S/C14H11ClF2O2/c1-19-13-6-8(2-4-11(13)15)14(18)10-7-9(16)3-5-12(10)17/h2-7,14,18H,1H3. The molecule has 0 saturated carbocycles. The summed E-state index contributed by atoms with van der Waals surface area (Å²) in [4.78, 5) is 0. The zero-order chi connectivity index (χ0) is 14.0. The van der Waals surface area contributed by atoms with Crippen molar-refractivity contribution in [3.05, 3.63) is 64.2 Å². The Balaban J connectivity index is 2.43. The summed E-state index contributed by atoms with van der Waals surface area (Å²) in [7, 11) is 1.43. The average molecular weight is 285 g/mol. The van der Waals surface area contributed by atoms with Gasteiger partial charge in [-0.2, -0.15) is 0 Å². The maximum atomic E-state index is 13.6. The lowest BCUT2D eigenvalue weighted by molar-refractivity contribution is 0.214. The molecule has 2 aromatic carbocycles. The SMILES string of the molecule is COc1cc(C(O)c2cc(F)ccc2F)ccc1Cl. The number of rotatable bonds is 3. The van der Waals surface area contributed by atoms with Crippen molar-refractivity contribution in [3.8, 4) is 5.75 Å². The van der Waals surface area contributed by atoms with Gasteiger partial charge in [0.15, 0.2) is 0 Å². The van der Waals surface area contributed by atoms with Gasteiger partial charge < -0.3 is 9.84 Å². The van der Waals surface area contributed by atoms with E-state index >= 15 is 0 Å². The van der Waals surface area contributed by atoms with Crippen molar-refractivity contribution in [1.29, 1.82) is 0 Å². The van der Waals surface area contributed by atoms with Crippen molar-refractivity contribution in [1.82, 2.24) is 0 Å². The molecule has 5 heteroatoms. The molecule has 2 rings (SSSR count). The van der Waals surface area contributed by atoms with Crippen molar-refractivity contribution < 1.29 is 18.6 Å². The van der Waals surface area contributed by atoms with Gasteiger partial charge in [0.05, 0.1) is 12.1 Å². The molecule has 0 heterocycles. The highest BCUT2D eigenvalue weighted by Gasteiger charge is 2.17. The van der Waals surface area contributed by atoms with E-state index < -0.39 is 17.7 Å². The third kappa shape index (κ3) is 2.85. The predicted molar refractivity (Wildman–Crippen MR) is 68.4 cm³/mol. The fourth-order valence-electron chi connectivity index (χ4n) is 1.75. The summed E-state index contributed by atoms with van der Waals surface area (Å²) in [6.45, 7) is 0. The summed E-state index contributed by atoms with van der Waals surface area (Å²) in [6, 6.07) is 7.46. The Kier molecular flexibility index (Phi) is 4.02. The summed E-state index contributed by atoms with van der Waals surface area (Å²) in [6.07, 6.45) is -1.29. The zero-order valence-electron chi connectivity index (χ0n) is 10.0. The second kappa shape index (κ2) is 5.55. The molecule has 0 fully saturated rings. The van der Waals surface area contributed by atoms with Crippen LogP contribution in [0.2, 0.25) is 5.02 Å². The first-order valence-corrected chi connectivity index (χ1v) is 5.87. The molecule has 0 bridgehead atoms. The third-order valence-corrected chi connectivity index (χ3v) is 3.06. The topological polar surface area (TPSA) is 29.5 Å². The van der Waals surface area contributed by atoms with Crippen molar-refractivity contribution >= 4 is 11.6 Å². The maximum absolute atomic E-state index is 13.6. The van der Waals surface area contributed by atoms with Crippen LogP contribution in [0, 0.1) is 11.6 Å². The van der Waals surface area contributed by atoms with Gasteiger partial charge in [0.1, 0.15) is 23.5 Å². The van der Waals surface area contributed by atoms with Gasteiger partial charge in [-0.15, -0.1) is 0 Å². The van der Waals surface area contributed by atoms with E-state index in [0.29, 0.717) is 16.3 Å². The van der Waals surface area contributed by atoms with Crippen LogP contribution in [0.4, 0.5) is 8.78 Å². The van der Waals surface area contributed by atoms with Crippen LogP contribution < -0.4 is 4.74 Å². The monoisotopic (exact) mass is 284 g/mol. The number of aliphatic hydroxyl groups excluding tert-OH is 1. The van der Waals surface area contributed by atoms with E-state index in [4.69, 9.17) is 16.3 Å². The van der Waals surface area contributed by atoms with Gasteiger partial charge in [0.2, 0.25) is 0 Å². The molecule has 0 radical (unpaired) electrons. The number of hydrogen-bond donors (Lipinski definition) is 1. The van der Waals surface area contributed by atoms with Crippen molar-refractivity contribution in [3.63, 3.8) is 0 Å². The molecule has 1 atom stereocenters. The molecule has 1 unspecified atom stereocenters. The number of ether oxygens (including phenoxy) is 1. The molecule has 100 valence electrons. The fourth-order valence-corrected chi connectivity index (χ4v) is 1.94. The summed E-state index contributed by atoms with van der Waals surface area (Å²) < 4.78 is 31.7. The van der Waals surface area contributed by atoms with E-state index in [1.54, 1.807) is 0 Å². The van der Waals surface area contributed by atoms with E-state index in [1.807, 2.05) is 0 Å². The smallest absolute Gasteiger partial charge is 0.137 e. The molecule has 0 amide bonds. The van der Waals surface area contributed by atoms with Gasteiger partial charge >= 0.3 is 0 Å². The van der Waals surface area contributed by atoms with Gasteiger partial charge in [-0.3, -0.25) is 0 Å². The van der Waals surface area contributed by atoms with Crippen LogP contribution in [0.15, 0.2) is 36.4 Å². The first kappa shape index (κ1) is 13.8. The zero-order valence-corrected chi connectivity index (χ0v) is 10.8. The van der Waals surface area contributed by atoms with Crippen LogP contribution >= 0.6 is 11.6 Å². The number of halogens is 3. The number of hydrogen-bond acceptors (Lipinski definition) is 2. The van der Waals surface area contributed by atoms with Crippen LogP contribution in [-0.4, -0.2) is 12.2 Å². The first-order chi connectivity index (χ1) is 9.02. The summed E-state index contributed by atoms with van der Waals surface area (Å²) in [5.41, 5.74) is 0.232. The molecule has 0 saturated heterocycles. The normalized spacial score (nSPS) is 12.3. The first-order valence-electron chi connectivity index (χ1n) is 5.49. The summed E-state index contributed by atoms with van der Waals surface area (Å²) in [5, 5.41) is 10.5. The van der Waals surface area contributed by atoms with Crippen LogP contribution in [0.3, 0.4) is 0 Å². The number of methoxy groups -OCH3 is 1. The summed E-state index contributed by atoms with van der Waals surface area (Å²) in [5.74, 6) is -0.936. The minimum atomic E-state index is -1.29. The Bertz CT molecular complexity index is 602. The molecule has 0 aliphatic carbocycles. The van der Waals surface area contributed by atoms with E-state index in [1.165, 1.54) is 25.3 Å². The van der Waals surface area contributed by atoms with Crippen LogP contribution in [0.5, 0.6) is 5.75 Å². The van der Waals surface area contributed by atoms with Gasteiger partial charge in [0.25, 0.3) is 0 Å². The van der Waals surface area contributed by atoms with Crippen molar-refractivity contribution in [2.24, 2.45) is 0 Å². The van der Waals surface area contributed by atoms with Crippen molar-refractivity contribution in [2.75, 3.05) is 7.11 Å². The van der Waals surface area contributed by atoms with E-state index in [-0.39, 0.29) is 5.56 Å². The average Bonchev–Trinajstić information content (AvgIpc) is 2.41. The lowest BCUT2D eigenvalue weighted by Crippen LogP contribution is -2.03. The highest BCUT2D eigenvalue weighted by Crippen LogP contribution is 2.31. The van der Waals surface area contributed by atoms with Gasteiger partial charge in [-0.1, -0.05) is 17.7 Å². The van der Waals surface area contributed by atoms with Crippen LogP contribution in [0.1, 0.15) is 17.2 Å². The quantitative estimate of drug-likeness (QED) is 0.931. The number of aliphatic hydroxyl groups is 1. The molecule has 1 N–H and O–H groups in total. The molecule has 2 aromatic rings. The Hall–Kier alpha value is -1.65. The van der Waals surface area contributed by atoms with E-state index in [2.05, 4.69) is 0 Å². The minimum absolute atomic E-state index is 0.135. The minimum Gasteiger partial charge on any atom is -0.495 e. The molecule has 0 aliphatic rings. The predicted octanol–water partition coefficient (Wildman–Crippen LogP) is 3.71. The second-order valence-electron chi connectivity index (χ2n) is 3.96. The van der Waals surface area contributed by atoms with E-state index in [0.717, 1.165) is 18.2 Å². The van der Waals surface area contributed by atoms with Crippen molar-refractivity contribution in [2.45, 2.75) is 6.10 Å². The molecule has 19 heavy (non-hydrogen) atoms. The highest BCUT2D eigenvalue weighted by atomic mass is 35.5. The Morgan fingerprint density at radius 1 is 1.16 bits per heavy atom. The molecule has 2 nitrogen and oxygen atoms in total. The lowest BCUT2D eigenvalue weighted by Gasteiger charge is -2.14. The van der Waals surface area contributed by atoms with Gasteiger partial charge in [-0.05, 0) is 35.9 Å². The van der Waals surface area contributed by atoms with Gasteiger partial charge in [-0.25, -0.2) is 8.78 Å². The Labute approximate surface area is 114 Å². The summed E-state index contributed by atoms with van der Waals surface area (Å²) >= 11 is 5.86. The largest absolute Gasteiger partial charge is 0.495 e. The Morgan fingerprint density at radius 2 is 1.89 bits per heavy atom. The molecule has 0 spiro atoms. The second-order valence-corrected chi connectivity index (χ2v) is 4.37. The van der Waals surface area contributed by atoms with Gasteiger partial charge in [0, 0.05) is 5.56 Å². The third-order valence-electron chi connectivity index (χ3n) is 2.74. The molecule has 0 aliphatic heterocycles. The lowest BCUT2D eigenvalue weighted by atomic mass is 10.0. The molecular formula is C14H11ClF2O2. The number of benzene rings is 2. The molecular weight excluding hydrogens is 274 g/mol. The Morgan fingerprint density at radius 3 is 2.58 bits per heavy atom. The van der Waals surface area contributed by atoms with E-state index in [9.17, 15) is 13.9 Å². The highest BCUT2D eigenvalue weighted by molar-refractivity contribution is 6.32. The maximum Gasteiger partial charge on any atom is 0.137 e.